The molecule has 2 bridgehead atoms. The summed E-state index contributed by atoms with van der Waals surface area (Å²) in [5, 5.41) is 21.9. The summed E-state index contributed by atoms with van der Waals surface area (Å²) in [5.74, 6) is 0.815. The molecular weight excluding hydrogens is 474 g/mol. The van der Waals surface area contributed by atoms with Crippen LogP contribution < -0.4 is 15.2 Å². The van der Waals surface area contributed by atoms with Gasteiger partial charge in [0.05, 0.1) is 44.6 Å². The largest absolute Gasteiger partial charge is 0.493 e. The van der Waals surface area contributed by atoms with Crippen molar-refractivity contribution in [1.82, 2.24) is 19.0 Å². The predicted octanol–water partition coefficient (Wildman–Crippen LogP) is 2.85. The van der Waals surface area contributed by atoms with Gasteiger partial charge in [0.1, 0.15) is 17.5 Å². The Kier molecular flexibility index (Phi) is 5.15. The number of pyridine rings is 1. The van der Waals surface area contributed by atoms with Crippen LogP contribution in [0.15, 0.2) is 53.5 Å². The van der Waals surface area contributed by atoms with E-state index < -0.39 is 6.04 Å². The van der Waals surface area contributed by atoms with Crippen molar-refractivity contribution in [3.8, 4) is 29.1 Å². The number of likely N-dealkylation sites (tertiary alicyclic amines) is 1. The molecule has 0 radical (unpaired) electrons. The van der Waals surface area contributed by atoms with Crippen LogP contribution in [-0.4, -0.2) is 50.8 Å². The van der Waals surface area contributed by atoms with Gasteiger partial charge in [0.25, 0.3) is 0 Å². The van der Waals surface area contributed by atoms with Crippen LogP contribution in [0.1, 0.15) is 35.5 Å². The third-order valence-electron chi connectivity index (χ3n) is 7.30. The Morgan fingerprint density at radius 2 is 1.92 bits per heavy atom. The zero-order valence-electron chi connectivity index (χ0n) is 20.2. The molecule has 10 heteroatoms. The molecule has 6 rings (SSSR count). The van der Waals surface area contributed by atoms with E-state index in [9.17, 15) is 20.0 Å². The molecule has 0 aliphatic carbocycles. The average Bonchev–Trinajstić information content (AvgIpc) is 3.59. The SMILES string of the molecule is COc1ccc(CC(=O)N2C[C@@H]3C[C@H]2c2c(O)n(-c4cnc(C#N)c5ccccc45)c(=O)n23)cc1OC. The molecule has 0 saturated carbocycles. The van der Waals surface area contributed by atoms with Gasteiger partial charge in [-0.1, -0.05) is 30.3 Å². The molecular formula is C27H23N5O5. The van der Waals surface area contributed by atoms with Crippen molar-refractivity contribution in [2.75, 3.05) is 20.8 Å². The van der Waals surface area contributed by atoms with Crippen LogP contribution in [-0.2, 0) is 11.2 Å². The standard InChI is InChI=1S/C27H23N5O5/c1-36-22-8-7-15(9-23(22)37-2)10-24(33)30-14-16-11-20(30)25-26(34)32(27(35)31(16)25)21-13-29-19(12-28)17-5-3-4-6-18(17)21/h3-9,13,16,20,34H,10-11,14H2,1-2H3/t16-,20-/m0/s1. The number of fused-ring (bicyclic) bond motifs is 6. The van der Waals surface area contributed by atoms with Gasteiger partial charge in [0.2, 0.25) is 11.8 Å². The topological polar surface area (TPSA) is 123 Å². The molecule has 2 aromatic carbocycles. The Balaban J connectivity index is 1.36. The summed E-state index contributed by atoms with van der Waals surface area (Å²) in [5.41, 5.74) is 1.45. The number of hydrogen-bond donors (Lipinski definition) is 1. The first-order chi connectivity index (χ1) is 18.0. The number of methoxy groups -OCH3 is 2. The van der Waals surface area contributed by atoms with E-state index in [1.165, 1.54) is 10.8 Å². The molecule has 2 aliphatic heterocycles. The molecule has 1 fully saturated rings. The summed E-state index contributed by atoms with van der Waals surface area (Å²) in [7, 11) is 3.10. The number of ether oxygens (including phenoxy) is 2. The second-order valence-electron chi connectivity index (χ2n) is 9.16. The highest BCUT2D eigenvalue weighted by atomic mass is 16.5. The Bertz CT molecular complexity index is 1680. The van der Waals surface area contributed by atoms with Gasteiger partial charge in [-0.2, -0.15) is 5.26 Å². The van der Waals surface area contributed by atoms with Crippen molar-refractivity contribution in [2.45, 2.75) is 24.9 Å². The van der Waals surface area contributed by atoms with Gasteiger partial charge < -0.3 is 19.5 Å². The molecule has 0 unspecified atom stereocenters. The summed E-state index contributed by atoms with van der Waals surface area (Å²) in [6, 6.07) is 13.9. The van der Waals surface area contributed by atoms with Gasteiger partial charge in [0.15, 0.2) is 11.5 Å². The molecule has 4 heterocycles. The van der Waals surface area contributed by atoms with Crippen molar-refractivity contribution in [3.05, 3.63) is 76.1 Å². The van der Waals surface area contributed by atoms with Gasteiger partial charge in [-0.15, -0.1) is 0 Å². The number of carbonyl (C=O) groups excluding carboxylic acids is 1. The van der Waals surface area contributed by atoms with E-state index >= 15 is 0 Å². The molecule has 2 aromatic heterocycles. The van der Waals surface area contributed by atoms with Gasteiger partial charge in [-0.05, 0) is 24.1 Å². The highest BCUT2D eigenvalue weighted by Crippen LogP contribution is 2.49. The van der Waals surface area contributed by atoms with Crippen molar-refractivity contribution in [2.24, 2.45) is 0 Å². The zero-order valence-corrected chi connectivity index (χ0v) is 20.2. The summed E-state index contributed by atoms with van der Waals surface area (Å²) in [6.07, 6.45) is 2.15. The predicted molar refractivity (Wildman–Crippen MR) is 133 cm³/mol. The first-order valence-corrected chi connectivity index (χ1v) is 11.8. The summed E-state index contributed by atoms with van der Waals surface area (Å²) >= 11 is 0. The lowest BCUT2D eigenvalue weighted by molar-refractivity contribution is -0.132. The first-order valence-electron chi connectivity index (χ1n) is 11.8. The Hall–Kier alpha value is -4.78. The molecule has 2 atom stereocenters. The van der Waals surface area contributed by atoms with Crippen LogP contribution >= 0.6 is 0 Å². The van der Waals surface area contributed by atoms with Crippen LogP contribution in [0, 0.1) is 11.3 Å². The number of imidazole rings is 1. The minimum Gasteiger partial charge on any atom is -0.493 e. The second-order valence-corrected chi connectivity index (χ2v) is 9.16. The number of amides is 1. The lowest BCUT2D eigenvalue weighted by Crippen LogP contribution is -2.38. The van der Waals surface area contributed by atoms with E-state index in [1.807, 2.05) is 6.07 Å². The highest BCUT2D eigenvalue weighted by Gasteiger charge is 2.49. The number of nitrogens with zero attached hydrogens (tertiary/aromatic N) is 5. The van der Waals surface area contributed by atoms with Crippen LogP contribution in [0.2, 0.25) is 0 Å². The van der Waals surface area contributed by atoms with E-state index in [0.29, 0.717) is 46.6 Å². The molecule has 10 nitrogen and oxygen atoms in total. The zero-order chi connectivity index (χ0) is 25.8. The quantitative estimate of drug-likeness (QED) is 0.450. The van der Waals surface area contributed by atoms with Gasteiger partial charge in [0, 0.05) is 17.3 Å². The Morgan fingerprint density at radius 3 is 2.65 bits per heavy atom. The van der Waals surface area contributed by atoms with Gasteiger partial charge in [-0.3, -0.25) is 9.36 Å². The van der Waals surface area contributed by atoms with Crippen LogP contribution in [0.25, 0.3) is 16.5 Å². The maximum absolute atomic E-state index is 13.5. The number of rotatable bonds is 5. The summed E-state index contributed by atoms with van der Waals surface area (Å²) in [6.45, 7) is 0.388. The van der Waals surface area contributed by atoms with Crippen molar-refractivity contribution in [3.63, 3.8) is 0 Å². The van der Waals surface area contributed by atoms with E-state index in [-0.39, 0.29) is 35.6 Å². The summed E-state index contributed by atoms with van der Waals surface area (Å²) < 4.78 is 13.4. The summed E-state index contributed by atoms with van der Waals surface area (Å²) in [4.78, 5) is 32.8. The molecule has 186 valence electrons. The molecule has 0 spiro atoms. The monoisotopic (exact) mass is 497 g/mol. The highest BCUT2D eigenvalue weighted by molar-refractivity contribution is 5.93. The van der Waals surface area contributed by atoms with E-state index in [0.717, 1.165) is 5.56 Å². The molecule has 2 aliphatic rings. The lowest BCUT2D eigenvalue weighted by atomic mass is 10.1. The minimum atomic E-state index is -0.413. The van der Waals surface area contributed by atoms with E-state index in [2.05, 4.69) is 11.1 Å². The average molecular weight is 498 g/mol. The van der Waals surface area contributed by atoms with Gasteiger partial charge >= 0.3 is 5.69 Å². The number of aromatic hydroxyl groups is 1. The van der Waals surface area contributed by atoms with Crippen molar-refractivity contribution >= 4 is 16.7 Å². The minimum absolute atomic E-state index is 0.101. The number of benzene rings is 2. The second kappa shape index (κ2) is 8.41. The fourth-order valence-electron chi connectivity index (χ4n) is 5.65. The van der Waals surface area contributed by atoms with Crippen LogP contribution in [0.4, 0.5) is 0 Å². The number of nitriles is 1. The maximum Gasteiger partial charge on any atom is 0.336 e. The number of carbonyl (C=O) groups is 1. The first kappa shape index (κ1) is 22.7. The van der Waals surface area contributed by atoms with E-state index in [1.54, 1.807) is 60.1 Å². The Morgan fingerprint density at radius 1 is 1.16 bits per heavy atom. The smallest absolute Gasteiger partial charge is 0.336 e. The molecule has 1 N–H and O–H groups in total. The maximum atomic E-state index is 13.5. The van der Waals surface area contributed by atoms with Crippen LogP contribution in [0.5, 0.6) is 17.4 Å². The molecule has 1 amide bonds. The molecule has 37 heavy (non-hydrogen) atoms. The lowest BCUT2D eigenvalue weighted by Gasteiger charge is -2.28. The van der Waals surface area contributed by atoms with Crippen molar-refractivity contribution in [1.29, 1.82) is 5.26 Å². The van der Waals surface area contributed by atoms with Crippen LogP contribution in [0.3, 0.4) is 0 Å². The Labute approximate surface area is 211 Å². The van der Waals surface area contributed by atoms with Crippen molar-refractivity contribution < 1.29 is 19.4 Å². The fraction of sp³-hybridized carbons (Fsp3) is 0.259. The number of hydrogen-bond acceptors (Lipinski definition) is 7. The third-order valence-corrected chi connectivity index (χ3v) is 7.30. The number of aromatic nitrogens is 3. The normalized spacial score (nSPS) is 17.6. The van der Waals surface area contributed by atoms with E-state index in [4.69, 9.17) is 9.47 Å². The van der Waals surface area contributed by atoms with Gasteiger partial charge in [-0.25, -0.2) is 14.3 Å². The molecule has 4 aromatic rings. The fourth-order valence-corrected chi connectivity index (χ4v) is 5.65. The molecule has 1 saturated heterocycles. The third kappa shape index (κ3) is 3.27.